The van der Waals surface area contributed by atoms with E-state index in [4.69, 9.17) is 4.74 Å². The maximum Gasteiger partial charge on any atom is 0.119 e. The molecule has 3 rings (SSSR count). The molecule has 1 aromatic carbocycles. The molecule has 2 atom stereocenters. The zero-order chi connectivity index (χ0) is 15.3. The number of carbonyl (C=O) groups is 1. The van der Waals surface area contributed by atoms with Gasteiger partial charge in [0, 0.05) is 11.4 Å². The highest BCUT2D eigenvalue weighted by Crippen LogP contribution is 2.58. The van der Waals surface area contributed by atoms with E-state index in [1.165, 1.54) is 11.1 Å². The van der Waals surface area contributed by atoms with Crippen LogP contribution in [0.25, 0.3) is 0 Å². The number of carboxylic acids is 1. The summed E-state index contributed by atoms with van der Waals surface area (Å²) in [7, 11) is 1.67. The van der Waals surface area contributed by atoms with Crippen LogP contribution in [0.3, 0.4) is 0 Å². The molecule has 0 saturated heterocycles. The maximum atomic E-state index is 11.9. The maximum absolute atomic E-state index is 11.9. The minimum atomic E-state index is -0.857. The number of rotatable bonds is 2. The van der Waals surface area contributed by atoms with Crippen molar-refractivity contribution in [3.05, 3.63) is 29.3 Å². The molecule has 1 aromatic rings. The molecule has 3 heteroatoms. The summed E-state index contributed by atoms with van der Waals surface area (Å²) in [5.41, 5.74) is 1.96. The Morgan fingerprint density at radius 1 is 1.29 bits per heavy atom. The zero-order valence-electron chi connectivity index (χ0n) is 13.1. The Balaban J connectivity index is 2.08. The standard InChI is InChI=1S/C18H24O3/c1-17(2)8-9-18(16(19)20)7-6-12-10-13(21-3)4-5-14(12)15(18)11-17/h4-5,10,15H,6-9,11H2,1-3H3,(H,19,20)/p-1/t15-,18+/m1/s1. The first kappa shape index (κ1) is 14.4. The van der Waals surface area contributed by atoms with Gasteiger partial charge in [0.1, 0.15) is 5.75 Å². The molecule has 0 aromatic heterocycles. The minimum absolute atomic E-state index is 0.0703. The van der Waals surface area contributed by atoms with E-state index < -0.39 is 11.4 Å². The van der Waals surface area contributed by atoms with E-state index in [-0.39, 0.29) is 11.3 Å². The number of fused-ring (bicyclic) bond motifs is 3. The molecule has 0 unspecified atom stereocenters. The number of ether oxygens (including phenoxy) is 1. The normalized spacial score (nSPS) is 30.1. The summed E-state index contributed by atoms with van der Waals surface area (Å²) >= 11 is 0. The van der Waals surface area contributed by atoms with Gasteiger partial charge >= 0.3 is 0 Å². The Bertz CT molecular complexity index is 576. The zero-order valence-corrected chi connectivity index (χ0v) is 13.1. The summed E-state index contributed by atoms with van der Waals surface area (Å²) in [6, 6.07) is 6.08. The van der Waals surface area contributed by atoms with Gasteiger partial charge in [-0.15, -0.1) is 0 Å². The third-order valence-electron chi connectivity index (χ3n) is 5.64. The van der Waals surface area contributed by atoms with E-state index in [0.29, 0.717) is 6.42 Å². The first-order valence-corrected chi connectivity index (χ1v) is 7.76. The van der Waals surface area contributed by atoms with Crippen LogP contribution in [0.4, 0.5) is 0 Å². The smallest absolute Gasteiger partial charge is 0.119 e. The number of hydrogen-bond donors (Lipinski definition) is 0. The Labute approximate surface area is 126 Å². The lowest BCUT2D eigenvalue weighted by Crippen LogP contribution is -2.52. The van der Waals surface area contributed by atoms with Gasteiger partial charge in [-0.25, -0.2) is 0 Å². The molecule has 2 aliphatic rings. The summed E-state index contributed by atoms with van der Waals surface area (Å²) < 4.78 is 5.30. The second-order valence-electron chi connectivity index (χ2n) is 7.43. The van der Waals surface area contributed by atoms with Gasteiger partial charge in [0.05, 0.1) is 7.11 Å². The van der Waals surface area contributed by atoms with Crippen molar-refractivity contribution >= 4 is 5.97 Å². The average molecular weight is 287 g/mol. The summed E-state index contributed by atoms with van der Waals surface area (Å²) in [5, 5.41) is 11.9. The van der Waals surface area contributed by atoms with Crippen molar-refractivity contribution in [2.24, 2.45) is 10.8 Å². The monoisotopic (exact) mass is 287 g/mol. The molecule has 114 valence electrons. The highest BCUT2D eigenvalue weighted by atomic mass is 16.5. The van der Waals surface area contributed by atoms with E-state index in [9.17, 15) is 9.90 Å². The van der Waals surface area contributed by atoms with E-state index in [1.807, 2.05) is 6.07 Å². The lowest BCUT2D eigenvalue weighted by atomic mass is 9.53. The Morgan fingerprint density at radius 2 is 2.05 bits per heavy atom. The molecular formula is C18H23O3-. The first-order valence-electron chi connectivity index (χ1n) is 7.76. The van der Waals surface area contributed by atoms with Crippen molar-refractivity contribution in [3.8, 4) is 5.75 Å². The summed E-state index contributed by atoms with van der Waals surface area (Å²) in [5.74, 6) is 0.0649. The highest BCUT2D eigenvalue weighted by Gasteiger charge is 2.49. The minimum Gasteiger partial charge on any atom is -0.550 e. The van der Waals surface area contributed by atoms with Crippen molar-refractivity contribution in [1.82, 2.24) is 0 Å². The van der Waals surface area contributed by atoms with Crippen LogP contribution in [0.1, 0.15) is 56.6 Å². The van der Waals surface area contributed by atoms with Crippen molar-refractivity contribution in [1.29, 1.82) is 0 Å². The predicted molar refractivity (Wildman–Crippen MR) is 79.1 cm³/mol. The average Bonchev–Trinajstić information content (AvgIpc) is 2.45. The molecule has 0 bridgehead atoms. The lowest BCUT2D eigenvalue weighted by molar-refractivity contribution is -0.323. The molecule has 2 aliphatic carbocycles. The molecule has 0 heterocycles. The quantitative estimate of drug-likeness (QED) is 0.840. The molecule has 3 nitrogen and oxygen atoms in total. The molecule has 1 saturated carbocycles. The summed E-state index contributed by atoms with van der Waals surface area (Å²) in [6.45, 7) is 4.48. The lowest BCUT2D eigenvalue weighted by Gasteiger charge is -2.53. The molecule has 0 aliphatic heterocycles. The highest BCUT2D eigenvalue weighted by molar-refractivity contribution is 5.75. The molecule has 21 heavy (non-hydrogen) atoms. The van der Waals surface area contributed by atoms with Crippen LogP contribution in [-0.2, 0) is 11.2 Å². The number of aryl methyl sites for hydroxylation is 1. The predicted octanol–water partition coefficient (Wildman–Crippen LogP) is 2.67. The van der Waals surface area contributed by atoms with Gasteiger partial charge in [0.15, 0.2) is 0 Å². The molecular weight excluding hydrogens is 264 g/mol. The van der Waals surface area contributed by atoms with E-state index in [1.54, 1.807) is 7.11 Å². The molecule has 0 radical (unpaired) electrons. The largest absolute Gasteiger partial charge is 0.550 e. The topological polar surface area (TPSA) is 49.4 Å². The van der Waals surface area contributed by atoms with Gasteiger partial charge < -0.3 is 14.6 Å². The van der Waals surface area contributed by atoms with Crippen LogP contribution < -0.4 is 9.84 Å². The number of aliphatic carboxylic acids is 1. The second-order valence-corrected chi connectivity index (χ2v) is 7.43. The number of methoxy groups -OCH3 is 1. The third kappa shape index (κ3) is 2.23. The van der Waals surface area contributed by atoms with Crippen LogP contribution in [0.2, 0.25) is 0 Å². The number of benzene rings is 1. The van der Waals surface area contributed by atoms with Crippen molar-refractivity contribution in [2.45, 2.75) is 51.9 Å². The van der Waals surface area contributed by atoms with Crippen molar-refractivity contribution in [3.63, 3.8) is 0 Å². The van der Waals surface area contributed by atoms with Crippen LogP contribution >= 0.6 is 0 Å². The van der Waals surface area contributed by atoms with E-state index in [0.717, 1.165) is 31.4 Å². The molecule has 0 amide bonds. The molecule has 1 fully saturated rings. The number of hydrogen-bond acceptors (Lipinski definition) is 3. The molecule has 0 N–H and O–H groups in total. The molecule has 0 spiro atoms. The fourth-order valence-corrected chi connectivity index (χ4v) is 4.26. The summed E-state index contributed by atoms with van der Waals surface area (Å²) in [6.07, 6.45) is 4.11. The van der Waals surface area contributed by atoms with Gasteiger partial charge in [-0.2, -0.15) is 0 Å². The number of carboxylic acid groups (broad SMARTS) is 1. The third-order valence-corrected chi connectivity index (χ3v) is 5.64. The Kier molecular flexibility index (Phi) is 3.27. The fraction of sp³-hybridized carbons (Fsp3) is 0.611. The van der Waals surface area contributed by atoms with E-state index >= 15 is 0 Å². The van der Waals surface area contributed by atoms with Crippen LogP contribution in [0, 0.1) is 10.8 Å². The summed E-state index contributed by atoms with van der Waals surface area (Å²) in [4.78, 5) is 11.9. The Morgan fingerprint density at radius 3 is 2.71 bits per heavy atom. The number of carbonyl (C=O) groups excluding carboxylic acids is 1. The van der Waals surface area contributed by atoms with E-state index in [2.05, 4.69) is 26.0 Å². The first-order chi connectivity index (χ1) is 9.88. The van der Waals surface area contributed by atoms with Crippen molar-refractivity contribution in [2.75, 3.05) is 7.11 Å². The van der Waals surface area contributed by atoms with Crippen LogP contribution in [0.15, 0.2) is 18.2 Å². The van der Waals surface area contributed by atoms with Gasteiger partial charge in [0.2, 0.25) is 0 Å². The van der Waals surface area contributed by atoms with Gasteiger partial charge in [-0.05, 0) is 66.7 Å². The van der Waals surface area contributed by atoms with Crippen LogP contribution in [0.5, 0.6) is 5.75 Å². The second kappa shape index (κ2) is 4.75. The Hall–Kier alpha value is -1.51. The van der Waals surface area contributed by atoms with Crippen molar-refractivity contribution < 1.29 is 14.6 Å². The fourth-order valence-electron chi connectivity index (χ4n) is 4.26. The van der Waals surface area contributed by atoms with Gasteiger partial charge in [-0.1, -0.05) is 19.9 Å². The van der Waals surface area contributed by atoms with Crippen LogP contribution in [-0.4, -0.2) is 13.1 Å². The van der Waals surface area contributed by atoms with Gasteiger partial charge in [-0.3, -0.25) is 0 Å². The SMILES string of the molecule is COc1ccc2c(c1)CC[C@]1(C(=O)[O-])CCC(C)(C)C[C@H]21. The van der Waals surface area contributed by atoms with Gasteiger partial charge in [0.25, 0.3) is 0 Å².